The number of hydrogen-bond acceptors (Lipinski definition) is 10. The molecule has 3 unspecified atom stereocenters. The third-order valence-electron chi connectivity index (χ3n) is 9.89. The van der Waals surface area contributed by atoms with E-state index in [1.54, 1.807) is 30.4 Å². The Morgan fingerprint density at radius 2 is 0.966 bits per heavy atom. The molecule has 10 heteroatoms. The molecule has 1 saturated heterocycles. The Hall–Kier alpha value is -3.74. The number of hydrogen-bond donors (Lipinski definition) is 6. The maximum Gasteiger partial charge on any atom is 0.331 e. The predicted molar refractivity (Wildman–Crippen MR) is 237 cm³/mol. The molecule has 1 aliphatic heterocycles. The average molecular weight is 823 g/mol. The van der Waals surface area contributed by atoms with E-state index >= 15 is 0 Å². The van der Waals surface area contributed by atoms with Crippen LogP contribution in [-0.2, 0) is 19.1 Å². The molecule has 1 rings (SSSR count). The van der Waals surface area contributed by atoms with Crippen molar-refractivity contribution in [2.45, 2.75) is 159 Å². The van der Waals surface area contributed by atoms with E-state index in [1.165, 1.54) is 114 Å². The number of carbonyl (C=O) groups excluding carboxylic acids is 2. The second-order valence-corrected chi connectivity index (χ2v) is 14.7. The van der Waals surface area contributed by atoms with E-state index in [4.69, 9.17) is 9.47 Å². The maximum atomic E-state index is 13.9. The number of unbranched alkanes of at least 4 members (excludes halogenated alkanes) is 14. The molecule has 0 spiro atoms. The Kier molecular flexibility index (Phi) is 31.7. The van der Waals surface area contributed by atoms with Crippen molar-refractivity contribution in [3.8, 4) is 0 Å². The van der Waals surface area contributed by atoms with Gasteiger partial charge in [0, 0.05) is 6.08 Å². The third-order valence-corrected chi connectivity index (χ3v) is 9.89. The summed E-state index contributed by atoms with van der Waals surface area (Å²) in [6.45, 7) is 2.49. The van der Waals surface area contributed by atoms with Crippen molar-refractivity contribution in [2.75, 3.05) is 13.2 Å². The van der Waals surface area contributed by atoms with Crippen LogP contribution < -0.4 is 0 Å². The van der Waals surface area contributed by atoms with E-state index in [0.717, 1.165) is 25.0 Å². The van der Waals surface area contributed by atoms with Crippen LogP contribution >= 0.6 is 0 Å². The summed E-state index contributed by atoms with van der Waals surface area (Å²) >= 11 is 0. The number of carbonyl (C=O) groups is 2. The Labute approximate surface area is 354 Å². The normalized spacial score (nSPS) is 22.4. The molecular weight excluding hydrogens is 749 g/mol. The van der Waals surface area contributed by atoms with Crippen LogP contribution in [-0.4, -0.2) is 97.8 Å². The van der Waals surface area contributed by atoms with Crippen molar-refractivity contribution >= 4 is 11.8 Å². The molecule has 0 saturated carbocycles. The Morgan fingerprint density at radius 1 is 0.559 bits per heavy atom. The van der Waals surface area contributed by atoms with Gasteiger partial charge in [-0.2, -0.15) is 0 Å². The van der Waals surface area contributed by atoms with Crippen LogP contribution in [0.2, 0.25) is 0 Å². The SMILES string of the molecule is CCCCCCCCCC=CC=CC=CC=CC=CC(=O)OC(C(=O)C=CC=CC=CC=CC=CCCCCCCCCC)(C(O)CO)C1O[C@H](CO)[C@H](O)[C@H](O)[C@H]1O. The van der Waals surface area contributed by atoms with Gasteiger partial charge in [-0.3, -0.25) is 4.79 Å². The highest BCUT2D eigenvalue weighted by Crippen LogP contribution is 2.35. The van der Waals surface area contributed by atoms with Gasteiger partial charge in [-0.25, -0.2) is 4.79 Å². The molecule has 6 N–H and O–H groups in total. The Morgan fingerprint density at radius 3 is 1.41 bits per heavy atom. The average Bonchev–Trinajstić information content (AvgIpc) is 3.24. The van der Waals surface area contributed by atoms with Gasteiger partial charge >= 0.3 is 5.97 Å². The molecule has 10 nitrogen and oxygen atoms in total. The smallest absolute Gasteiger partial charge is 0.331 e. The standard InChI is InChI=1S/C49H74O10/c1-3-5-7-9-11-13-15-17-19-21-23-25-27-29-31-33-35-37-42(52)49(43(53)40-51,48-47(57)46(56)45(55)41(39-50)58-48)59-44(54)38-36-34-32-30-28-26-24-22-20-18-16-14-12-10-8-6-4-2/h19-38,41,43,45-48,50-51,53,55-57H,3-18,39-40H2,1-2H3/t41-,43?,45+,46+,47-,48?,49?/m1/s1. The van der Waals surface area contributed by atoms with Gasteiger partial charge in [0.25, 0.3) is 0 Å². The van der Waals surface area contributed by atoms with Gasteiger partial charge in [0.2, 0.25) is 11.4 Å². The first-order chi connectivity index (χ1) is 28.7. The number of esters is 1. The quantitative estimate of drug-likeness (QED) is 0.0170. The Bertz CT molecular complexity index is 1420. The fourth-order valence-electron chi connectivity index (χ4n) is 6.43. The molecule has 1 fully saturated rings. The number of aliphatic hydroxyl groups excluding tert-OH is 6. The molecule has 0 amide bonds. The molecule has 7 atom stereocenters. The topological polar surface area (TPSA) is 174 Å². The van der Waals surface area contributed by atoms with Gasteiger partial charge in [-0.1, -0.05) is 200 Å². The fraction of sp³-hybridized carbons (Fsp3) is 0.551. The van der Waals surface area contributed by atoms with Crippen molar-refractivity contribution < 1.29 is 49.7 Å². The minimum atomic E-state index is -2.80. The number of allylic oxidation sites excluding steroid dienone is 18. The van der Waals surface area contributed by atoms with E-state index in [9.17, 15) is 40.2 Å². The summed E-state index contributed by atoms with van der Waals surface area (Å²) < 4.78 is 11.1. The number of rotatable bonds is 32. The highest BCUT2D eigenvalue weighted by molar-refractivity contribution is 6.00. The molecule has 0 bridgehead atoms. The molecule has 1 heterocycles. The van der Waals surface area contributed by atoms with Crippen LogP contribution in [0, 0.1) is 0 Å². The lowest BCUT2D eigenvalue weighted by Gasteiger charge is -2.48. The van der Waals surface area contributed by atoms with Crippen LogP contribution in [0.3, 0.4) is 0 Å². The number of ether oxygens (including phenoxy) is 2. The summed E-state index contributed by atoms with van der Waals surface area (Å²) in [5, 5.41) is 62.7. The molecule has 330 valence electrons. The predicted octanol–water partition coefficient (Wildman–Crippen LogP) is 7.88. The van der Waals surface area contributed by atoms with Crippen molar-refractivity contribution in [3.05, 3.63) is 122 Å². The van der Waals surface area contributed by atoms with E-state index in [0.29, 0.717) is 0 Å². The molecule has 59 heavy (non-hydrogen) atoms. The molecule has 0 aromatic carbocycles. The highest BCUT2D eigenvalue weighted by atomic mass is 16.6. The van der Waals surface area contributed by atoms with E-state index in [1.807, 2.05) is 42.5 Å². The molecular formula is C49H74O10. The van der Waals surface area contributed by atoms with Gasteiger partial charge in [0.15, 0.2) is 0 Å². The van der Waals surface area contributed by atoms with Crippen molar-refractivity contribution in [1.29, 1.82) is 0 Å². The second kappa shape index (κ2) is 35.1. The molecule has 0 aromatic rings. The van der Waals surface area contributed by atoms with Gasteiger partial charge in [0.05, 0.1) is 13.2 Å². The lowest BCUT2D eigenvalue weighted by Crippen LogP contribution is -2.72. The zero-order valence-corrected chi connectivity index (χ0v) is 35.6. The largest absolute Gasteiger partial charge is 0.442 e. The van der Waals surface area contributed by atoms with E-state index < -0.39 is 67.2 Å². The van der Waals surface area contributed by atoms with E-state index in [-0.39, 0.29) is 0 Å². The van der Waals surface area contributed by atoms with Crippen LogP contribution in [0.1, 0.15) is 117 Å². The van der Waals surface area contributed by atoms with Crippen molar-refractivity contribution in [3.63, 3.8) is 0 Å². The first-order valence-corrected chi connectivity index (χ1v) is 21.7. The number of ketones is 1. The summed E-state index contributed by atoms with van der Waals surface area (Å²) in [4.78, 5) is 27.0. The summed E-state index contributed by atoms with van der Waals surface area (Å²) in [5.41, 5.74) is -2.80. The first kappa shape index (κ1) is 53.3. The summed E-state index contributed by atoms with van der Waals surface area (Å²) in [6.07, 6.45) is 42.2. The molecule has 1 aliphatic rings. The van der Waals surface area contributed by atoms with Gasteiger partial charge in [0.1, 0.15) is 36.6 Å². The minimum Gasteiger partial charge on any atom is -0.442 e. The first-order valence-electron chi connectivity index (χ1n) is 21.7. The highest BCUT2D eigenvalue weighted by Gasteiger charge is 2.61. The van der Waals surface area contributed by atoms with Crippen LogP contribution in [0.4, 0.5) is 0 Å². The monoisotopic (exact) mass is 823 g/mol. The van der Waals surface area contributed by atoms with Gasteiger partial charge < -0.3 is 40.1 Å². The van der Waals surface area contributed by atoms with Crippen molar-refractivity contribution in [1.82, 2.24) is 0 Å². The third kappa shape index (κ3) is 22.4. The van der Waals surface area contributed by atoms with Crippen LogP contribution in [0.5, 0.6) is 0 Å². The molecule has 0 aliphatic carbocycles. The van der Waals surface area contributed by atoms with Crippen molar-refractivity contribution in [2.24, 2.45) is 0 Å². The Balaban J connectivity index is 2.95. The molecule has 0 radical (unpaired) electrons. The lowest BCUT2D eigenvalue weighted by atomic mass is 9.78. The summed E-state index contributed by atoms with van der Waals surface area (Å²) in [6, 6.07) is 0. The van der Waals surface area contributed by atoms with Crippen LogP contribution in [0.15, 0.2) is 122 Å². The minimum absolute atomic E-state index is 0.841. The zero-order chi connectivity index (χ0) is 43.4. The van der Waals surface area contributed by atoms with E-state index in [2.05, 4.69) is 26.0 Å². The maximum absolute atomic E-state index is 13.9. The number of aliphatic hydroxyl groups is 6. The van der Waals surface area contributed by atoms with Gasteiger partial charge in [-0.05, 0) is 31.8 Å². The summed E-state index contributed by atoms with van der Waals surface area (Å²) in [7, 11) is 0. The lowest BCUT2D eigenvalue weighted by molar-refractivity contribution is -0.281. The van der Waals surface area contributed by atoms with Gasteiger partial charge in [-0.15, -0.1) is 0 Å². The fourth-order valence-corrected chi connectivity index (χ4v) is 6.43. The molecule has 0 aromatic heterocycles. The summed E-state index contributed by atoms with van der Waals surface area (Å²) in [5.74, 6) is -2.23. The second-order valence-electron chi connectivity index (χ2n) is 14.7. The van der Waals surface area contributed by atoms with Crippen LogP contribution in [0.25, 0.3) is 0 Å². The zero-order valence-electron chi connectivity index (χ0n) is 35.6.